The fourth-order valence-electron chi connectivity index (χ4n) is 4.81. The fraction of sp³-hybridized carbons (Fsp3) is 0.480. The van der Waals surface area contributed by atoms with Crippen molar-refractivity contribution in [3.05, 3.63) is 58.1 Å². The van der Waals surface area contributed by atoms with Gasteiger partial charge in [-0.15, -0.1) is 0 Å². The van der Waals surface area contributed by atoms with Gasteiger partial charge in [-0.05, 0) is 75.5 Å². The van der Waals surface area contributed by atoms with Crippen molar-refractivity contribution in [1.29, 1.82) is 0 Å². The van der Waals surface area contributed by atoms with Crippen molar-refractivity contribution in [2.24, 2.45) is 0 Å². The number of carbonyl (C=O) groups is 1. The molecule has 2 heterocycles. The second-order valence-electron chi connectivity index (χ2n) is 8.80. The van der Waals surface area contributed by atoms with Crippen molar-refractivity contribution in [3.8, 4) is 11.5 Å². The van der Waals surface area contributed by atoms with Gasteiger partial charge in [-0.25, -0.2) is 0 Å². The maximum atomic E-state index is 13.2. The molecule has 2 aromatic rings. The molecule has 1 unspecified atom stereocenters. The summed E-state index contributed by atoms with van der Waals surface area (Å²) in [5.74, 6) is -0.758. The largest absolute Gasteiger partial charge is 0.507 e. The highest BCUT2D eigenvalue weighted by atomic mass is 35.5. The SMILES string of the molecule is O=C(c1cc(Cl)c(O)cc1O)N1CCCC1c1cccc(CNCCCN2CCCC2)c1. The Hall–Kier alpha value is -2.28. The number of aromatic hydroxyl groups is 2. The molecule has 2 aliphatic heterocycles. The van der Waals surface area contributed by atoms with Gasteiger partial charge in [0.05, 0.1) is 16.6 Å². The molecule has 0 aromatic heterocycles. The molecule has 2 aliphatic rings. The van der Waals surface area contributed by atoms with Crippen molar-refractivity contribution in [1.82, 2.24) is 15.1 Å². The Balaban J connectivity index is 1.37. The van der Waals surface area contributed by atoms with Crippen LogP contribution >= 0.6 is 11.6 Å². The second-order valence-corrected chi connectivity index (χ2v) is 9.21. The van der Waals surface area contributed by atoms with Crippen molar-refractivity contribution in [2.45, 2.75) is 44.7 Å². The molecule has 172 valence electrons. The second kappa shape index (κ2) is 10.6. The summed E-state index contributed by atoms with van der Waals surface area (Å²) in [7, 11) is 0. The molecule has 0 radical (unpaired) electrons. The zero-order valence-corrected chi connectivity index (χ0v) is 19.2. The number of nitrogens with zero attached hydrogens (tertiary/aromatic N) is 2. The molecule has 3 N–H and O–H groups in total. The van der Waals surface area contributed by atoms with Gasteiger partial charge in [0.2, 0.25) is 0 Å². The minimum Gasteiger partial charge on any atom is -0.507 e. The van der Waals surface area contributed by atoms with Crippen LogP contribution in [0.4, 0.5) is 0 Å². The molecule has 2 aromatic carbocycles. The summed E-state index contributed by atoms with van der Waals surface area (Å²) < 4.78 is 0. The Morgan fingerprint density at radius 3 is 2.69 bits per heavy atom. The third-order valence-electron chi connectivity index (χ3n) is 6.50. The number of nitrogens with one attached hydrogen (secondary N) is 1. The summed E-state index contributed by atoms with van der Waals surface area (Å²) in [4.78, 5) is 17.5. The van der Waals surface area contributed by atoms with E-state index < -0.39 is 0 Å². The van der Waals surface area contributed by atoms with E-state index in [0.29, 0.717) is 6.54 Å². The molecular weight excluding hydrogens is 426 g/mol. The van der Waals surface area contributed by atoms with Gasteiger partial charge in [-0.3, -0.25) is 4.79 Å². The molecule has 6 nitrogen and oxygen atoms in total. The highest BCUT2D eigenvalue weighted by Crippen LogP contribution is 2.37. The lowest BCUT2D eigenvalue weighted by molar-refractivity contribution is 0.0732. The molecule has 0 aliphatic carbocycles. The lowest BCUT2D eigenvalue weighted by atomic mass is 10.0. The summed E-state index contributed by atoms with van der Waals surface area (Å²) in [5, 5.41) is 23.4. The van der Waals surface area contributed by atoms with Gasteiger partial charge in [-0.2, -0.15) is 0 Å². The van der Waals surface area contributed by atoms with Gasteiger partial charge in [0, 0.05) is 19.2 Å². The lowest BCUT2D eigenvalue weighted by Crippen LogP contribution is -2.30. The monoisotopic (exact) mass is 457 g/mol. The molecule has 32 heavy (non-hydrogen) atoms. The zero-order valence-electron chi connectivity index (χ0n) is 18.4. The first-order valence-corrected chi connectivity index (χ1v) is 11.9. The summed E-state index contributed by atoms with van der Waals surface area (Å²) >= 11 is 5.98. The number of hydrogen-bond acceptors (Lipinski definition) is 5. The van der Waals surface area contributed by atoms with E-state index in [9.17, 15) is 15.0 Å². The molecule has 7 heteroatoms. The van der Waals surface area contributed by atoms with E-state index in [1.807, 2.05) is 6.07 Å². The smallest absolute Gasteiger partial charge is 0.258 e. The van der Waals surface area contributed by atoms with Gasteiger partial charge in [0.25, 0.3) is 5.91 Å². The molecule has 2 fully saturated rings. The average Bonchev–Trinajstić information content (AvgIpc) is 3.48. The molecular formula is C25H32ClN3O3. The number of phenols is 2. The van der Waals surface area contributed by atoms with E-state index in [1.54, 1.807) is 4.90 Å². The van der Waals surface area contributed by atoms with Crippen LogP contribution in [-0.4, -0.2) is 58.6 Å². The van der Waals surface area contributed by atoms with Crippen molar-refractivity contribution in [2.75, 3.05) is 32.7 Å². The standard InChI is InChI=1S/C25H32ClN3O3/c26-21-15-20(23(30)16-24(21)31)25(32)29-13-4-8-22(29)19-7-3-6-18(14-19)17-27-9-5-12-28-10-1-2-11-28/h3,6-7,14-16,22,27,30-31H,1-2,4-5,8-13,17H2. The number of hydrogen-bond donors (Lipinski definition) is 3. The number of benzene rings is 2. The number of halogens is 1. The zero-order chi connectivity index (χ0) is 22.5. The topological polar surface area (TPSA) is 76.0 Å². The van der Waals surface area contributed by atoms with Gasteiger partial charge < -0.3 is 25.3 Å². The first kappa shape index (κ1) is 22.9. The summed E-state index contributed by atoms with van der Waals surface area (Å²) in [5.41, 5.74) is 2.44. The summed E-state index contributed by atoms with van der Waals surface area (Å²) in [6.07, 6.45) is 5.61. The lowest BCUT2D eigenvalue weighted by Gasteiger charge is -2.26. The highest BCUT2D eigenvalue weighted by molar-refractivity contribution is 6.32. The van der Waals surface area contributed by atoms with Crippen LogP contribution in [0.1, 0.15) is 59.6 Å². The Morgan fingerprint density at radius 1 is 1.06 bits per heavy atom. The van der Waals surface area contributed by atoms with Crippen LogP contribution in [0.25, 0.3) is 0 Å². The Labute approximate surface area is 194 Å². The van der Waals surface area contributed by atoms with E-state index in [4.69, 9.17) is 11.6 Å². The molecule has 4 rings (SSSR count). The molecule has 2 saturated heterocycles. The quantitative estimate of drug-likeness (QED) is 0.515. The predicted octanol–water partition coefficient (Wildman–Crippen LogP) is 4.30. The number of carbonyl (C=O) groups excluding carboxylic acids is 1. The Morgan fingerprint density at radius 2 is 1.88 bits per heavy atom. The Bertz CT molecular complexity index is 946. The first-order valence-electron chi connectivity index (χ1n) is 11.6. The van der Waals surface area contributed by atoms with Crippen molar-refractivity contribution in [3.63, 3.8) is 0 Å². The average molecular weight is 458 g/mol. The fourth-order valence-corrected chi connectivity index (χ4v) is 4.97. The molecule has 0 bridgehead atoms. The number of phenolic OH excluding ortho intramolecular Hbond substituents is 2. The van der Waals surface area contributed by atoms with Gasteiger partial charge >= 0.3 is 0 Å². The van der Waals surface area contributed by atoms with Crippen molar-refractivity contribution >= 4 is 17.5 Å². The van der Waals surface area contributed by atoms with E-state index in [-0.39, 0.29) is 34.0 Å². The minimum atomic E-state index is -0.266. The van der Waals surface area contributed by atoms with E-state index in [0.717, 1.165) is 44.0 Å². The van der Waals surface area contributed by atoms with Gasteiger partial charge in [0.1, 0.15) is 11.5 Å². The van der Waals surface area contributed by atoms with E-state index in [2.05, 4.69) is 28.4 Å². The number of amides is 1. The first-order chi connectivity index (χ1) is 15.5. The van der Waals surface area contributed by atoms with E-state index in [1.165, 1.54) is 44.1 Å². The van der Waals surface area contributed by atoms with Gasteiger partial charge in [-0.1, -0.05) is 35.9 Å². The third-order valence-corrected chi connectivity index (χ3v) is 6.80. The minimum absolute atomic E-state index is 0.0374. The van der Waals surface area contributed by atoms with Crippen LogP contribution in [0.15, 0.2) is 36.4 Å². The van der Waals surface area contributed by atoms with Crippen LogP contribution in [0, 0.1) is 0 Å². The van der Waals surface area contributed by atoms with Crippen LogP contribution in [-0.2, 0) is 6.54 Å². The van der Waals surface area contributed by atoms with Crippen LogP contribution in [0.3, 0.4) is 0 Å². The highest BCUT2D eigenvalue weighted by Gasteiger charge is 2.32. The van der Waals surface area contributed by atoms with Crippen LogP contribution in [0.5, 0.6) is 11.5 Å². The maximum Gasteiger partial charge on any atom is 0.258 e. The van der Waals surface area contributed by atoms with Crippen LogP contribution in [0.2, 0.25) is 5.02 Å². The van der Waals surface area contributed by atoms with E-state index >= 15 is 0 Å². The number of likely N-dealkylation sites (tertiary alicyclic amines) is 2. The molecule has 1 amide bonds. The van der Waals surface area contributed by atoms with Crippen molar-refractivity contribution < 1.29 is 15.0 Å². The summed E-state index contributed by atoms with van der Waals surface area (Å²) in [6.45, 7) is 6.08. The predicted molar refractivity (Wildman–Crippen MR) is 126 cm³/mol. The van der Waals surface area contributed by atoms with Crippen LogP contribution < -0.4 is 5.32 Å². The number of rotatable bonds is 8. The third kappa shape index (κ3) is 5.37. The Kier molecular flexibility index (Phi) is 7.55. The maximum absolute atomic E-state index is 13.2. The normalized spacial score (nSPS) is 19.0. The van der Waals surface area contributed by atoms with Gasteiger partial charge in [0.15, 0.2) is 0 Å². The molecule has 0 saturated carbocycles. The summed E-state index contributed by atoms with van der Waals surface area (Å²) in [6, 6.07) is 10.8. The molecule has 0 spiro atoms. The molecule has 1 atom stereocenters.